The Kier molecular flexibility index (Phi) is 4.92. The molecule has 1 rings (SSSR count). The van der Waals surface area contributed by atoms with Crippen LogP contribution in [0, 0.1) is 0 Å². The minimum atomic E-state index is -1.34. The first-order chi connectivity index (χ1) is 7.95. The van der Waals surface area contributed by atoms with Crippen LogP contribution in [0.1, 0.15) is 10.4 Å². The van der Waals surface area contributed by atoms with Crippen LogP contribution in [0.3, 0.4) is 0 Å². The average Bonchev–Trinajstić information content (AvgIpc) is 2.28. The van der Waals surface area contributed by atoms with Gasteiger partial charge in [0.05, 0.1) is 12.2 Å². The van der Waals surface area contributed by atoms with Crippen molar-refractivity contribution in [2.24, 2.45) is 0 Å². The molecule has 0 unspecified atom stereocenters. The molecule has 0 spiro atoms. The molecule has 0 fully saturated rings. The summed E-state index contributed by atoms with van der Waals surface area (Å²) in [4.78, 5) is 22.4. The number of hydrogen-bond donors (Lipinski definition) is 3. The van der Waals surface area contributed by atoms with Gasteiger partial charge in [-0.25, -0.2) is 4.79 Å². The number of nitrogens with one attached hydrogen (secondary N) is 1. The third kappa shape index (κ3) is 3.69. The van der Waals surface area contributed by atoms with Gasteiger partial charge in [-0.15, -0.1) is 0 Å². The Morgan fingerprint density at radius 3 is 2.65 bits per heavy atom. The molecule has 0 aliphatic carbocycles. The van der Waals surface area contributed by atoms with Gasteiger partial charge >= 0.3 is 5.97 Å². The summed E-state index contributed by atoms with van der Waals surface area (Å²) in [6.45, 7) is -0.681. The van der Waals surface area contributed by atoms with E-state index in [0.29, 0.717) is 9.50 Å². The molecule has 92 valence electrons. The van der Waals surface area contributed by atoms with Gasteiger partial charge in [0.25, 0.3) is 5.91 Å². The van der Waals surface area contributed by atoms with Crippen molar-refractivity contribution >= 4 is 39.4 Å². The number of rotatable bonds is 4. The quantitative estimate of drug-likeness (QED) is 0.779. The van der Waals surface area contributed by atoms with Crippen LogP contribution in [-0.2, 0) is 4.79 Å². The third-order valence-corrected chi connectivity index (χ3v) is 2.89. The monoisotopic (exact) mass is 321 g/mol. The first-order valence-corrected chi connectivity index (χ1v) is 5.72. The highest BCUT2D eigenvalue weighted by Crippen LogP contribution is 2.21. The van der Waals surface area contributed by atoms with Gasteiger partial charge in [-0.2, -0.15) is 0 Å². The number of aliphatic hydroxyl groups excluding tert-OH is 1. The zero-order valence-electron chi connectivity index (χ0n) is 8.48. The molecule has 1 aromatic carbocycles. The number of halogens is 2. The Hall–Kier alpha value is -1.11. The van der Waals surface area contributed by atoms with E-state index in [-0.39, 0.29) is 5.56 Å². The molecular formula is C10H9BrClNO4. The van der Waals surface area contributed by atoms with E-state index in [9.17, 15) is 9.59 Å². The number of amides is 1. The van der Waals surface area contributed by atoms with Crippen LogP contribution >= 0.6 is 27.5 Å². The number of carboxylic acid groups (broad SMARTS) is 1. The molecule has 0 radical (unpaired) electrons. The van der Waals surface area contributed by atoms with Crippen LogP contribution in [0.4, 0.5) is 0 Å². The SMILES string of the molecule is O=C(N[C@@H](CO)C(=O)O)c1cc(Cl)ccc1Br. The van der Waals surface area contributed by atoms with Crippen molar-refractivity contribution in [3.8, 4) is 0 Å². The van der Waals surface area contributed by atoms with E-state index in [4.69, 9.17) is 21.8 Å². The fourth-order valence-corrected chi connectivity index (χ4v) is 1.69. The molecule has 1 amide bonds. The van der Waals surface area contributed by atoms with Crippen molar-refractivity contribution in [2.75, 3.05) is 6.61 Å². The van der Waals surface area contributed by atoms with Gasteiger partial charge in [0, 0.05) is 9.50 Å². The Balaban J connectivity index is 2.89. The summed E-state index contributed by atoms with van der Waals surface area (Å²) >= 11 is 8.88. The van der Waals surface area contributed by atoms with Crippen LogP contribution in [0.5, 0.6) is 0 Å². The number of benzene rings is 1. The summed E-state index contributed by atoms with van der Waals surface area (Å²) in [5.41, 5.74) is 0.206. The molecule has 0 aromatic heterocycles. The summed E-state index contributed by atoms with van der Waals surface area (Å²) in [5, 5.41) is 20.0. The van der Waals surface area contributed by atoms with E-state index < -0.39 is 24.5 Å². The predicted octanol–water partition coefficient (Wildman–Crippen LogP) is 1.28. The number of carbonyl (C=O) groups is 2. The number of aliphatic carboxylic acids is 1. The second-order valence-electron chi connectivity index (χ2n) is 3.17. The summed E-state index contributed by atoms with van der Waals surface area (Å²) in [6.07, 6.45) is 0. The second-order valence-corrected chi connectivity index (χ2v) is 4.46. The van der Waals surface area contributed by atoms with Gasteiger partial charge in [-0.1, -0.05) is 11.6 Å². The van der Waals surface area contributed by atoms with Crippen molar-refractivity contribution in [1.29, 1.82) is 0 Å². The van der Waals surface area contributed by atoms with Gasteiger partial charge < -0.3 is 15.5 Å². The maximum Gasteiger partial charge on any atom is 0.328 e. The van der Waals surface area contributed by atoms with Gasteiger partial charge in [0.15, 0.2) is 6.04 Å². The van der Waals surface area contributed by atoms with Crippen molar-refractivity contribution < 1.29 is 19.8 Å². The van der Waals surface area contributed by atoms with E-state index in [1.807, 2.05) is 0 Å². The van der Waals surface area contributed by atoms with E-state index in [2.05, 4.69) is 21.2 Å². The summed E-state index contributed by atoms with van der Waals surface area (Å²) in [5.74, 6) is -1.93. The molecule has 0 saturated carbocycles. The molecule has 0 heterocycles. The Labute approximate surface area is 111 Å². The molecule has 0 aliphatic heterocycles. The molecule has 0 aliphatic rings. The lowest BCUT2D eigenvalue weighted by Gasteiger charge is -2.12. The average molecular weight is 323 g/mol. The van der Waals surface area contributed by atoms with Crippen molar-refractivity contribution in [2.45, 2.75) is 6.04 Å². The molecule has 0 saturated heterocycles. The smallest absolute Gasteiger partial charge is 0.328 e. The van der Waals surface area contributed by atoms with E-state index >= 15 is 0 Å². The topological polar surface area (TPSA) is 86.6 Å². The van der Waals surface area contributed by atoms with Crippen LogP contribution in [0.25, 0.3) is 0 Å². The highest BCUT2D eigenvalue weighted by molar-refractivity contribution is 9.10. The number of carboxylic acids is 1. The maximum absolute atomic E-state index is 11.7. The minimum absolute atomic E-state index is 0.206. The molecule has 7 heteroatoms. The molecule has 5 nitrogen and oxygen atoms in total. The van der Waals surface area contributed by atoms with Crippen LogP contribution in [0.2, 0.25) is 5.02 Å². The molecule has 1 atom stereocenters. The minimum Gasteiger partial charge on any atom is -0.480 e. The zero-order valence-corrected chi connectivity index (χ0v) is 10.8. The van der Waals surface area contributed by atoms with Gasteiger partial charge in [-0.05, 0) is 34.1 Å². The highest BCUT2D eigenvalue weighted by Gasteiger charge is 2.20. The van der Waals surface area contributed by atoms with E-state index in [0.717, 1.165) is 0 Å². The van der Waals surface area contributed by atoms with Crippen molar-refractivity contribution in [3.63, 3.8) is 0 Å². The lowest BCUT2D eigenvalue weighted by Crippen LogP contribution is -2.43. The van der Waals surface area contributed by atoms with Crippen molar-refractivity contribution in [3.05, 3.63) is 33.3 Å². The molecule has 0 bridgehead atoms. The molecule has 1 aromatic rings. The first kappa shape index (κ1) is 14.0. The zero-order chi connectivity index (χ0) is 13.0. The summed E-state index contributed by atoms with van der Waals surface area (Å²) in [6, 6.07) is 3.22. The third-order valence-electron chi connectivity index (χ3n) is 1.96. The molecule has 17 heavy (non-hydrogen) atoms. The van der Waals surface area contributed by atoms with Crippen LogP contribution in [0.15, 0.2) is 22.7 Å². The predicted molar refractivity (Wildman–Crippen MR) is 65.1 cm³/mol. The number of aliphatic hydroxyl groups is 1. The number of carbonyl (C=O) groups excluding carboxylic acids is 1. The highest BCUT2D eigenvalue weighted by atomic mass is 79.9. The van der Waals surface area contributed by atoms with Gasteiger partial charge in [-0.3, -0.25) is 4.79 Å². The fraction of sp³-hybridized carbons (Fsp3) is 0.200. The lowest BCUT2D eigenvalue weighted by molar-refractivity contribution is -0.140. The van der Waals surface area contributed by atoms with E-state index in [1.165, 1.54) is 6.07 Å². The Morgan fingerprint density at radius 2 is 2.12 bits per heavy atom. The Bertz CT molecular complexity index is 452. The van der Waals surface area contributed by atoms with Gasteiger partial charge in [0.2, 0.25) is 0 Å². The normalized spacial score (nSPS) is 11.9. The summed E-state index contributed by atoms with van der Waals surface area (Å²) < 4.78 is 0.487. The Morgan fingerprint density at radius 1 is 1.47 bits per heavy atom. The number of hydrogen-bond acceptors (Lipinski definition) is 3. The largest absolute Gasteiger partial charge is 0.480 e. The van der Waals surface area contributed by atoms with Crippen LogP contribution in [-0.4, -0.2) is 34.7 Å². The van der Waals surface area contributed by atoms with Crippen molar-refractivity contribution in [1.82, 2.24) is 5.32 Å². The standard InChI is InChI=1S/C10H9BrClNO4/c11-7-2-1-5(12)3-6(7)9(15)13-8(4-14)10(16)17/h1-3,8,14H,4H2,(H,13,15)(H,16,17)/t8-/m0/s1. The van der Waals surface area contributed by atoms with Crippen LogP contribution < -0.4 is 5.32 Å². The fourth-order valence-electron chi connectivity index (χ4n) is 1.09. The maximum atomic E-state index is 11.7. The molecular weight excluding hydrogens is 313 g/mol. The first-order valence-electron chi connectivity index (χ1n) is 4.55. The second kappa shape index (κ2) is 6.00. The molecule has 3 N–H and O–H groups in total. The van der Waals surface area contributed by atoms with E-state index in [1.54, 1.807) is 12.1 Å². The van der Waals surface area contributed by atoms with Gasteiger partial charge in [0.1, 0.15) is 0 Å². The lowest BCUT2D eigenvalue weighted by atomic mass is 10.2. The summed E-state index contributed by atoms with van der Waals surface area (Å²) in [7, 11) is 0.